The fourth-order valence-corrected chi connectivity index (χ4v) is 5.94. The predicted octanol–water partition coefficient (Wildman–Crippen LogP) is -1.15. The van der Waals surface area contributed by atoms with E-state index in [4.69, 9.17) is 0 Å². The molecule has 6 atom stereocenters. The lowest BCUT2D eigenvalue weighted by atomic mass is 8.98. The maximum Gasteiger partial charge on any atom is 0.105 e. The molecule has 0 N–H and O–H groups in total. The normalized spacial score (nSPS) is 38.0. The van der Waals surface area contributed by atoms with Crippen molar-refractivity contribution in [1.82, 2.24) is 0 Å². The molecule has 6 unspecified atom stereocenters. The van der Waals surface area contributed by atoms with Crippen LogP contribution in [0.25, 0.3) is 0 Å². The lowest BCUT2D eigenvalue weighted by molar-refractivity contribution is 0.0846. The van der Waals surface area contributed by atoms with Crippen molar-refractivity contribution in [3.8, 4) is 0 Å². The fourth-order valence-electron chi connectivity index (χ4n) is 5.94. The van der Waals surface area contributed by atoms with Gasteiger partial charge >= 0.3 is 0 Å². The van der Waals surface area contributed by atoms with Gasteiger partial charge in [0.25, 0.3) is 0 Å². The van der Waals surface area contributed by atoms with Crippen LogP contribution in [0.3, 0.4) is 0 Å². The number of hydrogen-bond acceptors (Lipinski definition) is 0. The third kappa shape index (κ3) is 3.44. The minimum atomic E-state index is 0.823. The molecule has 1 aliphatic rings. The van der Waals surface area contributed by atoms with Crippen molar-refractivity contribution < 1.29 is 0 Å². The third-order valence-corrected chi connectivity index (χ3v) is 6.75. The van der Waals surface area contributed by atoms with Gasteiger partial charge in [0.1, 0.15) is 7.85 Å². The van der Waals surface area contributed by atoms with E-state index in [2.05, 4.69) is 65.7 Å². The van der Waals surface area contributed by atoms with Crippen molar-refractivity contribution in [3.63, 3.8) is 0 Å². The highest BCUT2D eigenvalue weighted by Gasteiger charge is 2.48. The Morgan fingerprint density at radius 3 is 1.85 bits per heavy atom. The van der Waals surface area contributed by atoms with Gasteiger partial charge in [-0.2, -0.15) is 0 Å². The zero-order chi connectivity index (χ0) is 15.6. The van der Waals surface area contributed by atoms with Gasteiger partial charge in [-0.15, -0.1) is 0 Å². The molecule has 0 bridgehead atoms. The van der Waals surface area contributed by atoms with Crippen molar-refractivity contribution in [2.24, 2.45) is 29.6 Å². The zero-order valence-corrected chi connectivity index (χ0v) is 15.6. The van der Waals surface area contributed by atoms with Gasteiger partial charge in [-0.3, -0.25) is 0 Å². The van der Waals surface area contributed by atoms with E-state index in [1.54, 1.807) is 0 Å². The highest BCUT2D eigenvalue weighted by Crippen LogP contribution is 2.58. The monoisotopic (exact) mass is 266 g/mol. The van der Waals surface area contributed by atoms with Gasteiger partial charge in [0.15, 0.2) is 0 Å². The molecule has 1 rings (SSSR count). The summed E-state index contributed by atoms with van der Waals surface area (Å²) in [5, 5.41) is 0. The summed E-state index contributed by atoms with van der Waals surface area (Å²) in [7, 11) is 12.6. The molecule has 0 aromatic carbocycles. The fraction of sp³-hybridized carbons (Fsp3) is 1.00. The van der Waals surface area contributed by atoms with Crippen LogP contribution in [0.2, 0.25) is 17.5 Å². The average Bonchev–Trinajstić information content (AvgIpc) is 2.38. The Labute approximate surface area is 133 Å². The molecule has 106 valence electrons. The second-order valence-electron chi connectivity index (χ2n) is 8.40. The van der Waals surface area contributed by atoms with E-state index >= 15 is 0 Å². The van der Waals surface area contributed by atoms with E-state index in [9.17, 15) is 0 Å². The van der Waals surface area contributed by atoms with Crippen LogP contribution in [-0.2, 0) is 0 Å². The van der Waals surface area contributed by atoms with Crippen molar-refractivity contribution >= 4 is 51.8 Å². The van der Waals surface area contributed by atoms with Gasteiger partial charge in [0, 0.05) is 7.06 Å². The summed E-state index contributed by atoms with van der Waals surface area (Å²) in [6, 6.07) is 0. The molecule has 0 aliphatic heterocycles. The van der Waals surface area contributed by atoms with E-state index < -0.39 is 0 Å². The van der Waals surface area contributed by atoms with Crippen LogP contribution in [0, 0.1) is 29.6 Å². The van der Waals surface area contributed by atoms with E-state index in [-0.39, 0.29) is 0 Å². The molecule has 1 saturated carbocycles. The van der Waals surface area contributed by atoms with Crippen LogP contribution in [0.4, 0.5) is 0 Å². The van der Waals surface area contributed by atoms with Crippen LogP contribution < -0.4 is 0 Å². The van der Waals surface area contributed by atoms with Crippen LogP contribution in [0.1, 0.15) is 34.6 Å². The second-order valence-corrected chi connectivity index (χ2v) is 8.40. The molecule has 1 fully saturated rings. The van der Waals surface area contributed by atoms with E-state index in [1.165, 1.54) is 14.2 Å². The van der Waals surface area contributed by atoms with Gasteiger partial charge in [-0.1, -0.05) is 52.1 Å². The largest absolute Gasteiger partial charge is 0.105 e. The molecule has 0 radical (unpaired) electrons. The summed E-state index contributed by atoms with van der Waals surface area (Å²) in [4.78, 5) is 0. The van der Waals surface area contributed by atoms with Gasteiger partial charge in [0.05, 0.1) is 36.9 Å². The predicted molar refractivity (Wildman–Crippen MR) is 111 cm³/mol. The second kappa shape index (κ2) is 7.64. The Kier molecular flexibility index (Phi) is 7.07. The summed E-state index contributed by atoms with van der Waals surface area (Å²) in [6.07, 6.45) is 0. The Bertz CT molecular complexity index is 294. The summed E-state index contributed by atoms with van der Waals surface area (Å²) < 4.78 is 0. The first-order valence-corrected chi connectivity index (χ1v) is 9.27. The topological polar surface area (TPSA) is 0 Å². The van der Waals surface area contributed by atoms with Crippen LogP contribution >= 0.6 is 0 Å². The summed E-state index contributed by atoms with van der Waals surface area (Å²) >= 11 is 0. The molecule has 1 aliphatic carbocycles. The first kappa shape index (κ1) is 18.5. The van der Waals surface area contributed by atoms with Gasteiger partial charge < -0.3 is 0 Å². The molecular weight excluding hydrogens is 232 g/mol. The first-order chi connectivity index (χ1) is 9.27. The van der Waals surface area contributed by atoms with Crippen LogP contribution in [0.5, 0.6) is 0 Å². The van der Waals surface area contributed by atoms with Gasteiger partial charge in [-0.05, 0) is 29.6 Å². The quantitative estimate of drug-likeness (QED) is 0.551. The van der Waals surface area contributed by atoms with Crippen molar-refractivity contribution in [3.05, 3.63) is 0 Å². The Morgan fingerprint density at radius 1 is 1.00 bits per heavy atom. The molecular formula is C13H33B7. The molecule has 0 saturated heterocycles. The van der Waals surface area contributed by atoms with E-state index in [0.717, 1.165) is 53.5 Å². The maximum absolute atomic E-state index is 2.57. The Morgan fingerprint density at radius 2 is 1.50 bits per heavy atom. The standard InChI is InChI=1S/C13H33B7/c1-6(2)9-8(5)13(20(17)19-16)12(18-15)11(14)10(9)7(3)4/h6-13,18-19H,14-17H2,1-5H3. The molecule has 0 aromatic heterocycles. The maximum atomic E-state index is 2.57. The van der Waals surface area contributed by atoms with Crippen molar-refractivity contribution in [1.29, 1.82) is 0 Å². The van der Waals surface area contributed by atoms with E-state index in [0.29, 0.717) is 0 Å². The summed E-state index contributed by atoms with van der Waals surface area (Å²) in [5.74, 6) is 7.11. The smallest absolute Gasteiger partial charge is 0.0822 e. The first-order valence-electron chi connectivity index (χ1n) is 9.27. The third-order valence-electron chi connectivity index (χ3n) is 6.75. The summed E-state index contributed by atoms with van der Waals surface area (Å²) in [6.45, 7) is 13.3. The molecule has 0 nitrogen and oxygen atoms in total. The average molecular weight is 265 g/mol. The lowest BCUT2D eigenvalue weighted by Gasteiger charge is -2.55. The van der Waals surface area contributed by atoms with E-state index in [1.807, 2.05) is 0 Å². The minimum Gasteiger partial charge on any atom is -0.0822 e. The minimum absolute atomic E-state index is 0.823. The zero-order valence-electron chi connectivity index (χ0n) is 15.6. The molecule has 0 heterocycles. The van der Waals surface area contributed by atoms with Gasteiger partial charge in [0.2, 0.25) is 0 Å². The SMILES string of the molecule is BBB(B)C1C(C)C(C(C)C)C(C(C)C)C(B)C1BB. The number of rotatable bonds is 5. The molecule has 0 spiro atoms. The highest BCUT2D eigenvalue weighted by molar-refractivity contribution is 7.47. The molecule has 0 aromatic rings. The summed E-state index contributed by atoms with van der Waals surface area (Å²) in [5.41, 5.74) is 0. The van der Waals surface area contributed by atoms with Crippen molar-refractivity contribution in [2.75, 3.05) is 0 Å². The highest BCUT2D eigenvalue weighted by atomic mass is 14.5. The van der Waals surface area contributed by atoms with Gasteiger partial charge in [-0.25, -0.2) is 0 Å². The molecule has 7 heteroatoms. The molecule has 0 amide bonds. The van der Waals surface area contributed by atoms with Crippen molar-refractivity contribution in [2.45, 2.75) is 52.1 Å². The van der Waals surface area contributed by atoms with Crippen LogP contribution in [-0.4, -0.2) is 51.8 Å². The Hall–Kier alpha value is 0.455. The number of hydrogen-bond donors (Lipinski definition) is 0. The lowest BCUT2D eigenvalue weighted by Crippen LogP contribution is -2.50. The molecule has 20 heavy (non-hydrogen) atoms. The van der Waals surface area contributed by atoms with Crippen LogP contribution in [0.15, 0.2) is 0 Å². The Balaban J connectivity index is 3.18.